The number of aliphatic imine (C=N–C) groups is 1. The average Bonchev–Trinajstić information content (AvgIpc) is 3.29. The molecule has 2 aliphatic rings. The smallest absolute Gasteiger partial charge is 0.191 e. The van der Waals surface area contributed by atoms with E-state index in [0.29, 0.717) is 5.92 Å². The van der Waals surface area contributed by atoms with Crippen LogP contribution < -0.4 is 10.6 Å². The number of rotatable bonds is 10. The molecule has 0 aliphatic carbocycles. The van der Waals surface area contributed by atoms with Gasteiger partial charge in [-0.25, -0.2) is 0 Å². The van der Waals surface area contributed by atoms with Gasteiger partial charge in [0.05, 0.1) is 13.2 Å². The van der Waals surface area contributed by atoms with Crippen LogP contribution >= 0.6 is 24.0 Å². The molecule has 2 saturated heterocycles. The van der Waals surface area contributed by atoms with Gasteiger partial charge in [-0.1, -0.05) is 31.2 Å². The number of hydrogen-bond acceptors (Lipinski definition) is 4. The number of halogens is 1. The van der Waals surface area contributed by atoms with Gasteiger partial charge in [-0.3, -0.25) is 9.89 Å². The molecular weight excluding hydrogens is 503 g/mol. The van der Waals surface area contributed by atoms with Gasteiger partial charge in [-0.05, 0) is 55.8 Å². The van der Waals surface area contributed by atoms with Crippen molar-refractivity contribution in [2.45, 2.75) is 45.7 Å². The third-order valence-electron chi connectivity index (χ3n) is 6.12. The number of hydrogen-bond donors (Lipinski definition) is 2. The minimum Gasteiger partial charge on any atom is -0.381 e. The summed E-state index contributed by atoms with van der Waals surface area (Å²) in [6.07, 6.45) is 4.76. The zero-order valence-electron chi connectivity index (χ0n) is 19.3. The molecule has 0 amide bonds. The van der Waals surface area contributed by atoms with E-state index in [0.717, 1.165) is 70.8 Å². The molecule has 1 aromatic carbocycles. The number of likely N-dealkylation sites (tertiary alicyclic amines) is 1. The fraction of sp³-hybridized carbons (Fsp3) is 0.708. The van der Waals surface area contributed by atoms with Crippen molar-refractivity contribution in [3.05, 3.63) is 35.4 Å². The summed E-state index contributed by atoms with van der Waals surface area (Å²) in [6.45, 7) is 10.9. The summed E-state index contributed by atoms with van der Waals surface area (Å²) in [5, 5.41) is 6.76. The van der Waals surface area contributed by atoms with Crippen LogP contribution in [0.25, 0.3) is 0 Å². The first-order valence-corrected chi connectivity index (χ1v) is 11.6. The van der Waals surface area contributed by atoms with Crippen molar-refractivity contribution in [2.75, 3.05) is 53.1 Å². The van der Waals surface area contributed by atoms with Gasteiger partial charge in [0.25, 0.3) is 0 Å². The minimum atomic E-state index is 0. The Morgan fingerprint density at radius 1 is 1.13 bits per heavy atom. The standard InChI is InChI=1S/C24H40N4O2.HI/c1-20-8-12-28(13-9-20)17-22-6-4-21(5-7-22)16-27-24(25-2)26-11-3-14-29-18-23-10-15-30-19-23;/h4-7,20,23H,3,8-19H2,1-2H3,(H2,25,26,27);1H. The molecule has 1 atom stereocenters. The summed E-state index contributed by atoms with van der Waals surface area (Å²) >= 11 is 0. The van der Waals surface area contributed by atoms with Crippen LogP contribution in [-0.4, -0.2) is 64.0 Å². The van der Waals surface area contributed by atoms with Crippen LogP contribution in [0.3, 0.4) is 0 Å². The molecule has 2 N–H and O–H groups in total. The molecule has 6 nitrogen and oxygen atoms in total. The highest BCUT2D eigenvalue weighted by atomic mass is 127. The quantitative estimate of drug-likeness (QED) is 0.204. The normalized spacial score (nSPS) is 20.5. The molecule has 3 rings (SSSR count). The lowest BCUT2D eigenvalue weighted by atomic mass is 9.99. The lowest BCUT2D eigenvalue weighted by Gasteiger charge is -2.30. The Balaban J connectivity index is 0.00000341. The maximum absolute atomic E-state index is 5.75. The van der Waals surface area contributed by atoms with Gasteiger partial charge < -0.3 is 20.1 Å². The summed E-state index contributed by atoms with van der Waals surface area (Å²) in [7, 11) is 1.81. The van der Waals surface area contributed by atoms with E-state index < -0.39 is 0 Å². The third-order valence-corrected chi connectivity index (χ3v) is 6.12. The van der Waals surface area contributed by atoms with Gasteiger partial charge in [-0.2, -0.15) is 0 Å². The number of guanidine groups is 1. The maximum Gasteiger partial charge on any atom is 0.191 e. The second kappa shape index (κ2) is 15.0. The summed E-state index contributed by atoms with van der Waals surface area (Å²) in [6, 6.07) is 8.97. The molecule has 2 aliphatic heterocycles. The molecule has 176 valence electrons. The number of piperidine rings is 1. The molecule has 0 aromatic heterocycles. The van der Waals surface area contributed by atoms with E-state index in [1.165, 1.54) is 37.1 Å². The average molecular weight is 545 g/mol. The van der Waals surface area contributed by atoms with Gasteiger partial charge in [0.2, 0.25) is 0 Å². The van der Waals surface area contributed by atoms with Crippen LogP contribution in [0.1, 0.15) is 43.7 Å². The molecule has 2 fully saturated rings. The van der Waals surface area contributed by atoms with Gasteiger partial charge >= 0.3 is 0 Å². The lowest BCUT2D eigenvalue weighted by molar-refractivity contribution is 0.0888. The minimum absolute atomic E-state index is 0. The van der Waals surface area contributed by atoms with Crippen molar-refractivity contribution in [1.29, 1.82) is 0 Å². The number of benzene rings is 1. The largest absolute Gasteiger partial charge is 0.381 e. The Kier molecular flexibility index (Phi) is 12.8. The second-order valence-electron chi connectivity index (χ2n) is 8.79. The Morgan fingerprint density at radius 2 is 1.87 bits per heavy atom. The predicted octanol–water partition coefficient (Wildman–Crippen LogP) is 3.64. The first kappa shape index (κ1) is 26.4. The topological polar surface area (TPSA) is 58.1 Å². The maximum atomic E-state index is 5.75. The first-order valence-electron chi connectivity index (χ1n) is 11.6. The van der Waals surface area contributed by atoms with Crippen molar-refractivity contribution in [1.82, 2.24) is 15.5 Å². The fourth-order valence-electron chi connectivity index (χ4n) is 3.99. The van der Waals surface area contributed by atoms with Gasteiger partial charge in [0.1, 0.15) is 0 Å². The van der Waals surface area contributed by atoms with Gasteiger partial charge in [-0.15, -0.1) is 24.0 Å². The fourth-order valence-corrected chi connectivity index (χ4v) is 3.99. The molecule has 2 heterocycles. The van der Waals surface area contributed by atoms with E-state index in [1.807, 2.05) is 7.05 Å². The second-order valence-corrected chi connectivity index (χ2v) is 8.79. The molecule has 1 aromatic rings. The van der Waals surface area contributed by atoms with Crippen LogP contribution in [0.15, 0.2) is 29.3 Å². The van der Waals surface area contributed by atoms with Crippen molar-refractivity contribution in [3.63, 3.8) is 0 Å². The zero-order chi connectivity index (χ0) is 21.0. The van der Waals surface area contributed by atoms with E-state index in [9.17, 15) is 0 Å². The van der Waals surface area contributed by atoms with E-state index >= 15 is 0 Å². The van der Waals surface area contributed by atoms with Crippen LogP contribution in [0.5, 0.6) is 0 Å². The molecule has 0 spiro atoms. The number of ether oxygens (including phenoxy) is 2. The summed E-state index contributed by atoms with van der Waals surface area (Å²) in [5.74, 6) is 2.31. The lowest BCUT2D eigenvalue weighted by Crippen LogP contribution is -2.37. The van der Waals surface area contributed by atoms with Crippen molar-refractivity contribution in [3.8, 4) is 0 Å². The molecule has 1 unspecified atom stereocenters. The third kappa shape index (κ3) is 10.1. The van der Waals surface area contributed by atoms with Crippen molar-refractivity contribution in [2.24, 2.45) is 16.8 Å². The van der Waals surface area contributed by atoms with Crippen LogP contribution in [-0.2, 0) is 22.6 Å². The van der Waals surface area contributed by atoms with E-state index in [4.69, 9.17) is 9.47 Å². The molecule has 31 heavy (non-hydrogen) atoms. The summed E-state index contributed by atoms with van der Waals surface area (Å²) in [5.41, 5.74) is 2.68. The summed E-state index contributed by atoms with van der Waals surface area (Å²) in [4.78, 5) is 6.89. The molecule has 7 heteroatoms. The Bertz CT molecular complexity index is 627. The van der Waals surface area contributed by atoms with Crippen molar-refractivity contribution < 1.29 is 9.47 Å². The van der Waals surface area contributed by atoms with E-state index in [1.54, 1.807) is 0 Å². The molecular formula is C24H41IN4O2. The van der Waals surface area contributed by atoms with Crippen LogP contribution in [0.4, 0.5) is 0 Å². The Labute approximate surface area is 205 Å². The number of nitrogens with one attached hydrogen (secondary N) is 2. The zero-order valence-corrected chi connectivity index (χ0v) is 21.6. The molecule has 0 saturated carbocycles. The predicted molar refractivity (Wildman–Crippen MR) is 138 cm³/mol. The Hall–Kier alpha value is -0.900. The summed E-state index contributed by atoms with van der Waals surface area (Å²) < 4.78 is 11.1. The highest BCUT2D eigenvalue weighted by Gasteiger charge is 2.16. The Morgan fingerprint density at radius 3 is 2.55 bits per heavy atom. The highest BCUT2D eigenvalue weighted by Crippen LogP contribution is 2.18. The molecule has 0 radical (unpaired) electrons. The van der Waals surface area contributed by atoms with E-state index in [2.05, 4.69) is 51.7 Å². The van der Waals surface area contributed by atoms with E-state index in [-0.39, 0.29) is 24.0 Å². The van der Waals surface area contributed by atoms with Crippen LogP contribution in [0.2, 0.25) is 0 Å². The highest BCUT2D eigenvalue weighted by molar-refractivity contribution is 14.0. The van der Waals surface area contributed by atoms with Crippen LogP contribution in [0, 0.1) is 11.8 Å². The SMILES string of the molecule is CN=C(NCCCOCC1CCOC1)NCc1ccc(CN2CCC(C)CC2)cc1.I. The number of nitrogens with zero attached hydrogens (tertiary/aromatic N) is 2. The monoisotopic (exact) mass is 544 g/mol. The van der Waals surface area contributed by atoms with Crippen molar-refractivity contribution >= 4 is 29.9 Å². The van der Waals surface area contributed by atoms with Gasteiger partial charge in [0, 0.05) is 45.8 Å². The first-order chi connectivity index (χ1) is 14.7. The molecule has 0 bridgehead atoms. The van der Waals surface area contributed by atoms with Gasteiger partial charge in [0.15, 0.2) is 5.96 Å².